The maximum Gasteiger partial charge on any atom is 0.328 e. The van der Waals surface area contributed by atoms with Crippen LogP contribution < -0.4 is 20.5 Å². The Bertz CT molecular complexity index is 596. The minimum absolute atomic E-state index is 0.0798. The Morgan fingerprint density at radius 3 is 2.63 bits per heavy atom. The smallest absolute Gasteiger partial charge is 0.328 e. The van der Waals surface area contributed by atoms with E-state index in [1.807, 2.05) is 4.72 Å². The van der Waals surface area contributed by atoms with Crippen molar-refractivity contribution in [1.29, 1.82) is 0 Å². The Morgan fingerprint density at radius 2 is 2.11 bits per heavy atom. The van der Waals surface area contributed by atoms with Gasteiger partial charge in [-0.25, -0.2) is 17.9 Å². The van der Waals surface area contributed by atoms with Crippen molar-refractivity contribution in [2.75, 3.05) is 12.8 Å². The normalized spacial score (nSPS) is 14.8. The summed E-state index contributed by atoms with van der Waals surface area (Å²) in [4.78, 5) is 11.3. The van der Waals surface area contributed by atoms with Crippen molar-refractivity contribution in [2.24, 2.45) is 0 Å². The summed E-state index contributed by atoms with van der Waals surface area (Å²) in [6, 6.07) is 3.35. The molecule has 4 N–H and O–H groups in total. The van der Waals surface area contributed by atoms with Crippen LogP contribution in [0.4, 0.5) is 10.5 Å². The van der Waals surface area contributed by atoms with Gasteiger partial charge in [-0.1, -0.05) is 0 Å². The number of benzene rings is 1. The van der Waals surface area contributed by atoms with Crippen LogP contribution in [0.5, 0.6) is 5.75 Å². The number of amides is 2. The fraction of sp³-hybridized carbons (Fsp3) is 0.364. The molecule has 1 saturated carbocycles. The van der Waals surface area contributed by atoms with Gasteiger partial charge in [-0.2, -0.15) is 0 Å². The molecule has 104 valence electrons. The molecular weight excluding hydrogens is 270 g/mol. The number of sulfonamides is 1. The largest absolute Gasteiger partial charge is 0.495 e. The first-order valence-electron chi connectivity index (χ1n) is 5.69. The third kappa shape index (κ3) is 3.28. The Balaban J connectivity index is 2.13. The summed E-state index contributed by atoms with van der Waals surface area (Å²) in [6.07, 6.45) is 1.76. The molecule has 19 heavy (non-hydrogen) atoms. The van der Waals surface area contributed by atoms with Crippen LogP contribution in [-0.2, 0) is 10.0 Å². The second kappa shape index (κ2) is 4.96. The fourth-order valence-corrected chi connectivity index (χ4v) is 2.45. The molecule has 2 amide bonds. The predicted molar refractivity (Wildman–Crippen MR) is 69.3 cm³/mol. The lowest BCUT2D eigenvalue weighted by Gasteiger charge is -2.10. The first kappa shape index (κ1) is 13.5. The van der Waals surface area contributed by atoms with Gasteiger partial charge in [0.2, 0.25) is 0 Å². The third-order valence-corrected chi connectivity index (χ3v) is 3.98. The molecule has 1 aliphatic carbocycles. The molecule has 0 spiro atoms. The van der Waals surface area contributed by atoms with E-state index in [0.29, 0.717) is 5.75 Å². The van der Waals surface area contributed by atoms with E-state index in [1.165, 1.54) is 25.3 Å². The number of carbonyl (C=O) groups excluding carboxylic acids is 1. The standard InChI is InChI=1S/C11H15N3O4S/c1-18-10-5-4-8(6-9(10)12)19(16,17)14-11(15)13-7-2-3-7/h4-7H,2-3,12H2,1H3,(H2,13,14,15). The molecule has 0 aromatic heterocycles. The Morgan fingerprint density at radius 1 is 1.42 bits per heavy atom. The van der Waals surface area contributed by atoms with E-state index in [0.717, 1.165) is 12.8 Å². The summed E-state index contributed by atoms with van der Waals surface area (Å²) in [5, 5.41) is 2.53. The zero-order chi connectivity index (χ0) is 14.0. The molecule has 0 heterocycles. The van der Waals surface area contributed by atoms with E-state index in [1.54, 1.807) is 0 Å². The summed E-state index contributed by atoms with van der Waals surface area (Å²) >= 11 is 0. The fourth-order valence-electron chi connectivity index (χ4n) is 1.50. The molecule has 0 bridgehead atoms. The van der Waals surface area contributed by atoms with Crippen molar-refractivity contribution in [2.45, 2.75) is 23.8 Å². The minimum atomic E-state index is -3.92. The Kier molecular flexibility index (Phi) is 3.52. The van der Waals surface area contributed by atoms with Crippen LogP contribution in [0.1, 0.15) is 12.8 Å². The number of carbonyl (C=O) groups is 1. The lowest BCUT2D eigenvalue weighted by molar-refractivity contribution is 0.245. The number of anilines is 1. The third-order valence-electron chi connectivity index (χ3n) is 2.65. The number of methoxy groups -OCH3 is 1. The Hall–Kier alpha value is -1.96. The molecule has 7 nitrogen and oxygen atoms in total. The molecule has 0 atom stereocenters. The lowest BCUT2D eigenvalue weighted by Crippen LogP contribution is -2.40. The number of rotatable bonds is 4. The molecular formula is C11H15N3O4S. The number of hydrogen-bond acceptors (Lipinski definition) is 5. The first-order chi connectivity index (χ1) is 8.92. The van der Waals surface area contributed by atoms with Crippen LogP contribution in [0.2, 0.25) is 0 Å². The highest BCUT2D eigenvalue weighted by molar-refractivity contribution is 7.90. The second-order valence-corrected chi connectivity index (χ2v) is 5.94. The number of urea groups is 1. The topological polar surface area (TPSA) is 111 Å². The zero-order valence-corrected chi connectivity index (χ0v) is 11.2. The van der Waals surface area contributed by atoms with E-state index in [4.69, 9.17) is 10.5 Å². The average molecular weight is 285 g/mol. The van der Waals surface area contributed by atoms with Crippen LogP contribution >= 0.6 is 0 Å². The van der Waals surface area contributed by atoms with E-state index in [2.05, 4.69) is 5.32 Å². The van der Waals surface area contributed by atoms with Crippen LogP contribution in [0, 0.1) is 0 Å². The number of nitrogens with two attached hydrogens (primary N) is 1. The van der Waals surface area contributed by atoms with Crippen molar-refractivity contribution in [3.63, 3.8) is 0 Å². The van der Waals surface area contributed by atoms with Gasteiger partial charge in [-0.15, -0.1) is 0 Å². The van der Waals surface area contributed by atoms with Gasteiger partial charge < -0.3 is 15.8 Å². The number of nitrogen functional groups attached to an aromatic ring is 1. The number of nitrogens with one attached hydrogen (secondary N) is 2. The van der Waals surface area contributed by atoms with Gasteiger partial charge in [0.15, 0.2) is 0 Å². The Labute approximate surface area is 111 Å². The predicted octanol–water partition coefficient (Wildman–Crippen LogP) is 0.428. The van der Waals surface area contributed by atoms with Crippen LogP contribution in [0.3, 0.4) is 0 Å². The molecule has 8 heteroatoms. The summed E-state index contributed by atoms with van der Waals surface area (Å²) < 4.78 is 30.7. The monoisotopic (exact) mass is 285 g/mol. The van der Waals surface area contributed by atoms with E-state index >= 15 is 0 Å². The van der Waals surface area contributed by atoms with E-state index < -0.39 is 16.1 Å². The van der Waals surface area contributed by atoms with Crippen molar-refractivity contribution in [3.05, 3.63) is 18.2 Å². The summed E-state index contributed by atoms with van der Waals surface area (Å²) in [6.45, 7) is 0. The molecule has 0 saturated heterocycles. The zero-order valence-electron chi connectivity index (χ0n) is 10.3. The molecule has 0 aliphatic heterocycles. The van der Waals surface area contributed by atoms with Gasteiger partial charge in [0.25, 0.3) is 10.0 Å². The summed E-state index contributed by atoms with van der Waals surface area (Å²) in [5.41, 5.74) is 5.82. The molecule has 2 rings (SSSR count). The van der Waals surface area contributed by atoms with Crippen LogP contribution in [-0.4, -0.2) is 27.6 Å². The van der Waals surface area contributed by atoms with Crippen LogP contribution in [0.15, 0.2) is 23.1 Å². The first-order valence-corrected chi connectivity index (χ1v) is 7.17. The van der Waals surface area contributed by atoms with Crippen molar-refractivity contribution in [3.8, 4) is 5.75 Å². The van der Waals surface area contributed by atoms with Gasteiger partial charge in [0.05, 0.1) is 17.7 Å². The maximum atomic E-state index is 11.9. The number of hydrogen-bond donors (Lipinski definition) is 3. The molecule has 0 unspecified atom stereocenters. The van der Waals surface area contributed by atoms with Gasteiger partial charge in [-0.05, 0) is 31.0 Å². The van der Waals surface area contributed by atoms with Gasteiger partial charge in [-0.3, -0.25) is 0 Å². The number of ether oxygens (including phenoxy) is 1. The van der Waals surface area contributed by atoms with Gasteiger partial charge in [0, 0.05) is 6.04 Å². The van der Waals surface area contributed by atoms with E-state index in [9.17, 15) is 13.2 Å². The summed E-state index contributed by atoms with van der Waals surface area (Å²) in [7, 11) is -2.49. The maximum absolute atomic E-state index is 11.9. The summed E-state index contributed by atoms with van der Waals surface area (Å²) in [5.74, 6) is 0.376. The highest BCUT2D eigenvalue weighted by atomic mass is 32.2. The quantitative estimate of drug-likeness (QED) is 0.695. The van der Waals surface area contributed by atoms with Crippen LogP contribution in [0.25, 0.3) is 0 Å². The van der Waals surface area contributed by atoms with Crippen molar-refractivity contribution < 1.29 is 17.9 Å². The lowest BCUT2D eigenvalue weighted by atomic mass is 10.3. The highest BCUT2D eigenvalue weighted by Crippen LogP contribution is 2.24. The SMILES string of the molecule is COc1ccc(S(=O)(=O)NC(=O)NC2CC2)cc1N. The van der Waals surface area contributed by atoms with Gasteiger partial charge in [0.1, 0.15) is 5.75 Å². The molecule has 1 aliphatic rings. The highest BCUT2D eigenvalue weighted by Gasteiger charge is 2.26. The van der Waals surface area contributed by atoms with Crippen molar-refractivity contribution in [1.82, 2.24) is 10.0 Å². The van der Waals surface area contributed by atoms with Crippen molar-refractivity contribution >= 4 is 21.7 Å². The van der Waals surface area contributed by atoms with Gasteiger partial charge >= 0.3 is 6.03 Å². The second-order valence-electron chi connectivity index (χ2n) is 4.26. The average Bonchev–Trinajstić information content (AvgIpc) is 3.11. The molecule has 0 radical (unpaired) electrons. The van der Waals surface area contributed by atoms with E-state index in [-0.39, 0.29) is 16.6 Å². The molecule has 1 aromatic rings. The molecule has 1 fully saturated rings. The minimum Gasteiger partial charge on any atom is -0.495 e. The molecule has 1 aromatic carbocycles.